The molecule has 0 unspecified atom stereocenters. The van der Waals surface area contributed by atoms with Crippen LogP contribution in [0.15, 0.2) is 78.6 Å². The lowest BCUT2D eigenvalue weighted by molar-refractivity contribution is -0.147. The number of ether oxygens (including phenoxy) is 3. The Morgan fingerprint density at radius 2 is 1.74 bits per heavy atom. The summed E-state index contributed by atoms with van der Waals surface area (Å²) in [6, 6.07) is 22.3. The van der Waals surface area contributed by atoms with Gasteiger partial charge in [-0.05, 0) is 41.3 Å². The van der Waals surface area contributed by atoms with Crippen molar-refractivity contribution in [2.45, 2.75) is 20.0 Å². The third-order valence-corrected chi connectivity index (χ3v) is 4.93. The van der Waals surface area contributed by atoms with E-state index >= 15 is 0 Å². The monoisotopic (exact) mass is 414 g/mol. The minimum Gasteiger partial charge on any atom is -0.482 e. The summed E-state index contributed by atoms with van der Waals surface area (Å²) in [6.07, 6.45) is 2.68. The SMILES string of the molecule is CCc1ccc(/C=C2/Oc3cc(OCC(=O)OCc4ccccc4)ccc3C2=O)cc1. The highest BCUT2D eigenvalue weighted by Crippen LogP contribution is 2.34. The van der Waals surface area contributed by atoms with Crippen LogP contribution in [0, 0.1) is 0 Å². The summed E-state index contributed by atoms with van der Waals surface area (Å²) >= 11 is 0. The zero-order valence-electron chi connectivity index (χ0n) is 17.2. The fraction of sp³-hybridized carbons (Fsp3) is 0.154. The molecule has 0 amide bonds. The molecule has 0 fully saturated rings. The summed E-state index contributed by atoms with van der Waals surface area (Å²) in [5.74, 6) is 0.452. The van der Waals surface area contributed by atoms with Crippen LogP contribution in [0.3, 0.4) is 0 Å². The number of hydrogen-bond donors (Lipinski definition) is 0. The average molecular weight is 414 g/mol. The number of allylic oxidation sites excluding steroid dienone is 1. The van der Waals surface area contributed by atoms with Gasteiger partial charge in [-0.15, -0.1) is 0 Å². The molecule has 0 aromatic heterocycles. The van der Waals surface area contributed by atoms with Gasteiger partial charge in [0.15, 0.2) is 12.4 Å². The topological polar surface area (TPSA) is 61.8 Å². The number of Topliss-reactive ketones (excluding diaryl/α,β-unsaturated/α-hetero) is 1. The molecule has 0 aliphatic carbocycles. The summed E-state index contributed by atoms with van der Waals surface area (Å²) in [6.45, 7) is 2.06. The van der Waals surface area contributed by atoms with Crippen LogP contribution >= 0.6 is 0 Å². The number of hydrogen-bond acceptors (Lipinski definition) is 5. The van der Waals surface area contributed by atoms with Gasteiger partial charge in [-0.2, -0.15) is 0 Å². The normalized spacial score (nSPS) is 13.6. The number of aryl methyl sites for hydroxylation is 1. The van der Waals surface area contributed by atoms with Gasteiger partial charge in [0.05, 0.1) is 5.56 Å². The second-order valence-corrected chi connectivity index (χ2v) is 7.13. The van der Waals surface area contributed by atoms with Gasteiger partial charge in [-0.1, -0.05) is 61.5 Å². The van der Waals surface area contributed by atoms with E-state index < -0.39 is 5.97 Å². The predicted molar refractivity (Wildman–Crippen MR) is 117 cm³/mol. The first-order chi connectivity index (χ1) is 15.1. The van der Waals surface area contributed by atoms with Gasteiger partial charge in [0.2, 0.25) is 5.78 Å². The maximum atomic E-state index is 12.6. The maximum Gasteiger partial charge on any atom is 0.344 e. The molecule has 3 aromatic carbocycles. The van der Waals surface area contributed by atoms with Crippen LogP contribution in [-0.2, 0) is 22.6 Å². The van der Waals surface area contributed by atoms with Crippen molar-refractivity contribution >= 4 is 17.8 Å². The third-order valence-electron chi connectivity index (χ3n) is 4.93. The van der Waals surface area contributed by atoms with E-state index in [1.54, 1.807) is 24.3 Å². The Kier molecular flexibility index (Phi) is 6.13. The zero-order valence-corrected chi connectivity index (χ0v) is 17.2. The molecule has 4 rings (SSSR count). The zero-order chi connectivity index (χ0) is 21.6. The lowest BCUT2D eigenvalue weighted by Crippen LogP contribution is -2.14. The number of fused-ring (bicyclic) bond motifs is 1. The molecule has 5 heteroatoms. The Labute approximate surface area is 180 Å². The summed E-state index contributed by atoms with van der Waals surface area (Å²) in [5, 5.41) is 0. The number of carbonyl (C=O) groups excluding carboxylic acids is 2. The number of ketones is 1. The number of carbonyl (C=O) groups is 2. The van der Waals surface area contributed by atoms with Gasteiger partial charge < -0.3 is 14.2 Å². The molecule has 0 bridgehead atoms. The smallest absolute Gasteiger partial charge is 0.344 e. The van der Waals surface area contributed by atoms with E-state index in [1.807, 2.05) is 54.6 Å². The number of esters is 1. The number of benzene rings is 3. The molecule has 1 aliphatic rings. The summed E-state index contributed by atoms with van der Waals surface area (Å²) in [5.41, 5.74) is 3.50. The van der Waals surface area contributed by atoms with Crippen LogP contribution < -0.4 is 9.47 Å². The minimum atomic E-state index is -0.475. The van der Waals surface area contributed by atoms with Crippen molar-refractivity contribution in [3.63, 3.8) is 0 Å². The van der Waals surface area contributed by atoms with Gasteiger partial charge in [-0.25, -0.2) is 4.79 Å². The van der Waals surface area contributed by atoms with Gasteiger partial charge in [0.1, 0.15) is 18.1 Å². The fourth-order valence-corrected chi connectivity index (χ4v) is 3.18. The van der Waals surface area contributed by atoms with Crippen LogP contribution in [0.25, 0.3) is 6.08 Å². The first-order valence-electron chi connectivity index (χ1n) is 10.1. The molecule has 0 spiro atoms. The van der Waals surface area contributed by atoms with E-state index in [9.17, 15) is 9.59 Å². The Hall–Kier alpha value is -3.86. The van der Waals surface area contributed by atoms with Crippen molar-refractivity contribution in [3.05, 3.63) is 101 Å². The minimum absolute atomic E-state index is 0.177. The summed E-state index contributed by atoms with van der Waals surface area (Å²) in [4.78, 5) is 24.5. The fourth-order valence-electron chi connectivity index (χ4n) is 3.18. The first kappa shape index (κ1) is 20.4. The van der Waals surface area contributed by atoms with Crippen molar-refractivity contribution in [2.24, 2.45) is 0 Å². The van der Waals surface area contributed by atoms with Crippen LogP contribution in [0.2, 0.25) is 0 Å². The van der Waals surface area contributed by atoms with Crippen molar-refractivity contribution in [1.82, 2.24) is 0 Å². The largest absolute Gasteiger partial charge is 0.482 e. The van der Waals surface area contributed by atoms with Crippen LogP contribution in [0.1, 0.15) is 34.0 Å². The van der Waals surface area contributed by atoms with E-state index in [4.69, 9.17) is 14.2 Å². The van der Waals surface area contributed by atoms with Crippen molar-refractivity contribution in [3.8, 4) is 11.5 Å². The molecule has 0 atom stereocenters. The molecule has 0 radical (unpaired) electrons. The maximum absolute atomic E-state index is 12.6. The molecule has 31 heavy (non-hydrogen) atoms. The molecule has 1 aliphatic heterocycles. The van der Waals surface area contributed by atoms with E-state index in [0.717, 1.165) is 17.5 Å². The first-order valence-corrected chi connectivity index (χ1v) is 10.1. The van der Waals surface area contributed by atoms with E-state index in [2.05, 4.69) is 6.92 Å². The van der Waals surface area contributed by atoms with Gasteiger partial charge in [0, 0.05) is 6.07 Å². The molecule has 0 saturated heterocycles. The molecule has 3 aromatic rings. The molecular formula is C26H22O5. The predicted octanol–water partition coefficient (Wildman–Crippen LogP) is 4.99. The Bertz CT molecular complexity index is 1110. The third kappa shape index (κ3) is 5.01. The molecule has 5 nitrogen and oxygen atoms in total. The molecule has 156 valence electrons. The second kappa shape index (κ2) is 9.30. The van der Waals surface area contributed by atoms with Gasteiger partial charge in [-0.3, -0.25) is 4.79 Å². The Morgan fingerprint density at radius 1 is 0.968 bits per heavy atom. The van der Waals surface area contributed by atoms with Gasteiger partial charge >= 0.3 is 5.97 Å². The molecule has 0 N–H and O–H groups in total. The Balaban J connectivity index is 1.36. The standard InChI is InChI=1S/C26H22O5/c1-2-18-8-10-19(11-9-18)14-24-26(28)22-13-12-21(15-23(22)31-24)29-17-25(27)30-16-20-6-4-3-5-7-20/h3-15H,2,16-17H2,1H3/b24-14+. The second-order valence-electron chi connectivity index (χ2n) is 7.13. The van der Waals surface area contributed by atoms with Crippen molar-refractivity contribution in [2.75, 3.05) is 6.61 Å². The van der Waals surface area contributed by atoms with Gasteiger partial charge in [0.25, 0.3) is 0 Å². The highest BCUT2D eigenvalue weighted by Gasteiger charge is 2.27. The van der Waals surface area contributed by atoms with Crippen molar-refractivity contribution in [1.29, 1.82) is 0 Å². The van der Waals surface area contributed by atoms with E-state index in [0.29, 0.717) is 17.1 Å². The lowest BCUT2D eigenvalue weighted by atomic mass is 10.1. The Morgan fingerprint density at radius 3 is 2.48 bits per heavy atom. The quantitative estimate of drug-likeness (QED) is 0.403. The highest BCUT2D eigenvalue weighted by molar-refractivity contribution is 6.14. The summed E-state index contributed by atoms with van der Waals surface area (Å²) < 4.78 is 16.5. The summed E-state index contributed by atoms with van der Waals surface area (Å²) in [7, 11) is 0. The average Bonchev–Trinajstić information content (AvgIpc) is 3.12. The highest BCUT2D eigenvalue weighted by atomic mass is 16.6. The number of rotatable bonds is 7. The van der Waals surface area contributed by atoms with Crippen LogP contribution in [0.4, 0.5) is 0 Å². The van der Waals surface area contributed by atoms with Crippen LogP contribution in [0.5, 0.6) is 11.5 Å². The lowest BCUT2D eigenvalue weighted by Gasteiger charge is -2.08. The molecule has 1 heterocycles. The van der Waals surface area contributed by atoms with Crippen LogP contribution in [-0.4, -0.2) is 18.4 Å². The van der Waals surface area contributed by atoms with E-state index in [1.165, 1.54) is 5.56 Å². The van der Waals surface area contributed by atoms with E-state index in [-0.39, 0.29) is 24.8 Å². The molecule has 0 saturated carbocycles. The van der Waals surface area contributed by atoms with Crippen molar-refractivity contribution < 1.29 is 23.8 Å². The molecular weight excluding hydrogens is 392 g/mol.